The summed E-state index contributed by atoms with van der Waals surface area (Å²) >= 11 is 1.75. The molecule has 1 aliphatic heterocycles. The minimum atomic E-state index is -0.508. The van der Waals surface area contributed by atoms with Crippen molar-refractivity contribution in [1.29, 1.82) is 0 Å². The number of thiophene rings is 1. The van der Waals surface area contributed by atoms with Crippen molar-refractivity contribution in [2.75, 3.05) is 29.9 Å². The third-order valence-electron chi connectivity index (χ3n) is 4.94. The number of fused-ring (bicyclic) bond motifs is 4. The molecule has 0 spiro atoms. The Morgan fingerprint density at radius 2 is 1.96 bits per heavy atom. The van der Waals surface area contributed by atoms with Crippen molar-refractivity contribution < 1.29 is 0 Å². The number of benzene rings is 2. The molecular weight excluding hydrogens is 394 g/mol. The molecule has 0 amide bonds. The lowest BCUT2D eigenvalue weighted by molar-refractivity contribution is 0.864. The molecule has 1 aliphatic rings. The minimum Gasteiger partial charge on any atom is -0.384 e. The second-order valence-corrected chi connectivity index (χ2v) is 9.79. The molecule has 6 heteroatoms. The molecule has 142 valence electrons. The number of hydrogen-bond donors (Lipinski definition) is 1. The van der Waals surface area contributed by atoms with Gasteiger partial charge in [-0.25, -0.2) is 4.99 Å². The summed E-state index contributed by atoms with van der Waals surface area (Å²) in [6.45, 7) is 9.48. The molecule has 0 radical (unpaired) electrons. The van der Waals surface area contributed by atoms with Crippen molar-refractivity contribution in [3.05, 3.63) is 45.6 Å². The van der Waals surface area contributed by atoms with Gasteiger partial charge in [0.25, 0.3) is 0 Å². The van der Waals surface area contributed by atoms with E-state index in [-0.39, 0.29) is 0 Å². The standard InChI is InChI=1S/C21H24ClN3S2/c1-4-10-23-17-13-19-20(21-15(17)9-11-26-21)24-16-8-7-14(25(5-2)6-3)12-18(16)27(19)22/h7-9,11-13,23H,4-6,10H2,1-3H3. The van der Waals surface area contributed by atoms with Crippen LogP contribution in [-0.4, -0.2) is 19.6 Å². The van der Waals surface area contributed by atoms with Gasteiger partial charge in [0.15, 0.2) is 0 Å². The van der Waals surface area contributed by atoms with E-state index in [1.807, 2.05) is 0 Å². The normalized spacial score (nSPS) is 15.2. The molecule has 0 fully saturated rings. The van der Waals surface area contributed by atoms with Gasteiger partial charge in [0, 0.05) is 45.8 Å². The number of rotatable bonds is 6. The Labute approximate surface area is 171 Å². The van der Waals surface area contributed by atoms with Gasteiger partial charge < -0.3 is 10.2 Å². The lowest BCUT2D eigenvalue weighted by atomic mass is 10.2. The van der Waals surface area contributed by atoms with Gasteiger partial charge in [-0.2, -0.15) is 0 Å². The maximum Gasteiger partial charge on any atom is 0.0959 e. The molecule has 1 aromatic heterocycles. The molecule has 1 atom stereocenters. The summed E-state index contributed by atoms with van der Waals surface area (Å²) < 4.78 is 2.36. The van der Waals surface area contributed by atoms with Crippen molar-refractivity contribution >= 4 is 58.9 Å². The molecule has 1 unspecified atom stereocenters. The number of nitrogens with zero attached hydrogens (tertiary/aromatic N) is 2. The Balaban J connectivity index is 1.95. The van der Waals surface area contributed by atoms with E-state index < -0.39 is 9.70 Å². The second-order valence-electron chi connectivity index (χ2n) is 6.55. The maximum absolute atomic E-state index is 7.04. The van der Waals surface area contributed by atoms with Crippen molar-refractivity contribution in [1.82, 2.24) is 0 Å². The third kappa shape index (κ3) is 3.26. The molecule has 2 aromatic carbocycles. The topological polar surface area (TPSA) is 27.6 Å². The third-order valence-corrected chi connectivity index (χ3v) is 8.26. The van der Waals surface area contributed by atoms with Crippen LogP contribution in [0.1, 0.15) is 27.2 Å². The highest BCUT2D eigenvalue weighted by Crippen LogP contribution is 2.45. The minimum absolute atomic E-state index is 0.508. The quantitative estimate of drug-likeness (QED) is 0.459. The van der Waals surface area contributed by atoms with Crippen LogP contribution in [0.5, 0.6) is 0 Å². The zero-order valence-corrected chi connectivity index (χ0v) is 18.3. The van der Waals surface area contributed by atoms with Crippen LogP contribution in [0, 0.1) is 4.51 Å². The van der Waals surface area contributed by atoms with E-state index in [4.69, 9.17) is 15.7 Å². The van der Waals surface area contributed by atoms with Gasteiger partial charge in [0.2, 0.25) is 0 Å². The molecule has 3 aromatic rings. The predicted molar refractivity (Wildman–Crippen MR) is 122 cm³/mol. The van der Waals surface area contributed by atoms with Crippen molar-refractivity contribution in [2.24, 2.45) is 4.99 Å². The van der Waals surface area contributed by atoms with Gasteiger partial charge in [-0.05, 0) is 66.7 Å². The first kappa shape index (κ1) is 18.8. The van der Waals surface area contributed by atoms with Crippen LogP contribution in [0.2, 0.25) is 0 Å². The monoisotopic (exact) mass is 417 g/mol. The maximum atomic E-state index is 7.04. The summed E-state index contributed by atoms with van der Waals surface area (Å²) in [6, 6.07) is 10.9. The number of hydrogen-bond acceptors (Lipinski definition) is 4. The molecule has 0 saturated carbocycles. The molecule has 4 rings (SSSR count). The predicted octanol–water partition coefficient (Wildman–Crippen LogP) is 6.57. The number of halogens is 1. The first-order valence-corrected chi connectivity index (χ1v) is 12.4. The largest absolute Gasteiger partial charge is 0.384 e. The first-order chi connectivity index (χ1) is 13.2. The van der Waals surface area contributed by atoms with E-state index in [1.165, 1.54) is 21.5 Å². The summed E-state index contributed by atoms with van der Waals surface area (Å²) in [7, 11) is 6.53. The zero-order chi connectivity index (χ0) is 19.0. The van der Waals surface area contributed by atoms with Gasteiger partial charge in [-0.1, -0.05) is 16.6 Å². The summed E-state index contributed by atoms with van der Waals surface area (Å²) in [5.74, 6) is 0. The first-order valence-electron chi connectivity index (χ1n) is 9.47. The Morgan fingerprint density at radius 3 is 2.70 bits per heavy atom. The van der Waals surface area contributed by atoms with Gasteiger partial charge in [0.05, 0.1) is 15.7 Å². The molecule has 3 nitrogen and oxygen atoms in total. The lowest BCUT2D eigenvalue weighted by Crippen LogP contribution is -2.21. The Hall–Kier alpha value is -1.56. The van der Waals surface area contributed by atoms with Crippen LogP contribution in [0.3, 0.4) is 0 Å². The second kappa shape index (κ2) is 7.82. The average molecular weight is 418 g/mol. The molecule has 2 heterocycles. The van der Waals surface area contributed by atoms with Crippen molar-refractivity contribution in [3.8, 4) is 0 Å². The van der Waals surface area contributed by atoms with Crippen LogP contribution in [0.25, 0.3) is 10.1 Å². The Kier molecular flexibility index (Phi) is 5.44. The summed E-state index contributed by atoms with van der Waals surface area (Å²) in [5, 5.41) is 8.00. The van der Waals surface area contributed by atoms with Gasteiger partial charge >= 0.3 is 0 Å². The van der Waals surface area contributed by atoms with E-state index in [0.29, 0.717) is 0 Å². The van der Waals surface area contributed by atoms with Gasteiger partial charge in [-0.3, -0.25) is 0 Å². The van der Waals surface area contributed by atoms with Crippen LogP contribution >= 0.6 is 31.7 Å². The lowest BCUT2D eigenvalue weighted by Gasteiger charge is -2.23. The van der Waals surface area contributed by atoms with Crippen LogP contribution in [-0.2, 0) is 0 Å². The molecule has 27 heavy (non-hydrogen) atoms. The fourth-order valence-corrected chi connectivity index (χ4v) is 6.50. The van der Waals surface area contributed by atoms with E-state index in [2.05, 4.69) is 66.7 Å². The summed E-state index contributed by atoms with van der Waals surface area (Å²) in [4.78, 5) is 8.50. The summed E-state index contributed by atoms with van der Waals surface area (Å²) in [6.07, 6.45) is 1.09. The highest BCUT2D eigenvalue weighted by atomic mass is 35.7. The molecule has 0 aliphatic carbocycles. The van der Waals surface area contributed by atoms with Crippen LogP contribution < -0.4 is 15.6 Å². The fourth-order valence-electron chi connectivity index (χ4n) is 3.51. The van der Waals surface area contributed by atoms with Crippen LogP contribution in [0.15, 0.2) is 45.6 Å². The smallest absolute Gasteiger partial charge is 0.0959 e. The molecular formula is C21H24ClN3S2. The van der Waals surface area contributed by atoms with Gasteiger partial charge in [0.1, 0.15) is 0 Å². The average Bonchev–Trinajstić information content (AvgIpc) is 3.18. The van der Waals surface area contributed by atoms with E-state index in [0.717, 1.165) is 46.5 Å². The highest BCUT2D eigenvalue weighted by molar-refractivity contribution is 8.29. The van der Waals surface area contributed by atoms with Crippen molar-refractivity contribution in [3.63, 3.8) is 0 Å². The Bertz CT molecular complexity index is 1120. The van der Waals surface area contributed by atoms with Crippen molar-refractivity contribution in [2.45, 2.75) is 32.1 Å². The molecule has 0 bridgehead atoms. The molecule has 0 saturated heterocycles. The fraction of sp³-hybridized carbons (Fsp3) is 0.333. The number of anilines is 2. The number of nitrogens with one attached hydrogen (secondary N) is 1. The van der Waals surface area contributed by atoms with E-state index in [9.17, 15) is 0 Å². The van der Waals surface area contributed by atoms with E-state index in [1.54, 1.807) is 11.3 Å². The molecule has 1 N–H and O–H groups in total. The van der Waals surface area contributed by atoms with Gasteiger partial charge in [-0.15, -0.1) is 11.3 Å². The van der Waals surface area contributed by atoms with Crippen LogP contribution in [0.4, 0.5) is 17.1 Å². The zero-order valence-electron chi connectivity index (χ0n) is 15.9. The van der Waals surface area contributed by atoms with E-state index >= 15 is 0 Å². The summed E-state index contributed by atoms with van der Waals surface area (Å²) in [5.41, 5.74) is 3.39. The SMILES string of the molecule is CCCNc1cc2c(c3sccc13)=Nc1ccc(N(CC)CC)cc1S=2Cl. The Morgan fingerprint density at radius 1 is 1.15 bits per heavy atom. The highest BCUT2D eigenvalue weighted by Gasteiger charge is 2.17.